The molecule has 0 bridgehead atoms. The van der Waals surface area contributed by atoms with E-state index in [4.69, 9.17) is 5.26 Å². The fourth-order valence-electron chi connectivity index (χ4n) is 0.976. The number of nitriles is 1. The van der Waals surface area contributed by atoms with Crippen LogP contribution in [0.2, 0.25) is 0 Å². The summed E-state index contributed by atoms with van der Waals surface area (Å²) in [6, 6.07) is 2.88. The van der Waals surface area contributed by atoms with Gasteiger partial charge in [-0.15, -0.1) is 0 Å². The second-order valence-corrected chi connectivity index (χ2v) is 4.11. The van der Waals surface area contributed by atoms with Crippen LogP contribution in [0.4, 0.5) is 4.39 Å². The number of hydrogen-bond donors (Lipinski definition) is 0. The van der Waals surface area contributed by atoms with Crippen molar-refractivity contribution in [2.45, 2.75) is 6.92 Å². The van der Waals surface area contributed by atoms with Gasteiger partial charge in [-0.1, -0.05) is 23.9 Å². The fourth-order valence-corrected chi connectivity index (χ4v) is 1.40. The molecule has 0 radical (unpaired) electrons. The molecule has 0 aliphatic heterocycles. The Morgan fingerprint density at radius 1 is 1.75 bits per heavy atom. The monoisotopic (exact) mass is 236 g/mol. The maximum Gasteiger partial charge on any atom is 0.186 e. The van der Waals surface area contributed by atoms with Gasteiger partial charge in [0.15, 0.2) is 16.6 Å². The number of pyridine rings is 1. The van der Waals surface area contributed by atoms with Crippen molar-refractivity contribution < 1.29 is 9.18 Å². The van der Waals surface area contributed by atoms with Crippen LogP contribution in [-0.4, -0.2) is 15.9 Å². The molecule has 16 heavy (non-hydrogen) atoms. The molecule has 0 aliphatic rings. The summed E-state index contributed by atoms with van der Waals surface area (Å²) < 4.78 is 13.1. The first kappa shape index (κ1) is 12.4. The Morgan fingerprint density at radius 3 is 3.06 bits per heavy atom. The summed E-state index contributed by atoms with van der Waals surface area (Å²) in [5.74, 6) is -0.0967. The highest BCUT2D eigenvalue weighted by Gasteiger charge is 2.01. The molecule has 0 saturated carbocycles. The van der Waals surface area contributed by atoms with Crippen LogP contribution in [0.25, 0.3) is 6.08 Å². The van der Waals surface area contributed by atoms with Gasteiger partial charge in [0, 0.05) is 18.9 Å². The van der Waals surface area contributed by atoms with Gasteiger partial charge < -0.3 is 0 Å². The second-order valence-electron chi connectivity index (χ2n) is 2.92. The van der Waals surface area contributed by atoms with Crippen LogP contribution >= 0.6 is 11.8 Å². The smallest absolute Gasteiger partial charge is 0.186 e. The normalized spacial score (nSPS) is 10.3. The molecule has 1 aromatic rings. The van der Waals surface area contributed by atoms with Crippen LogP contribution in [0.15, 0.2) is 18.3 Å². The van der Waals surface area contributed by atoms with E-state index >= 15 is 0 Å². The van der Waals surface area contributed by atoms with Crippen LogP contribution in [-0.2, 0) is 4.79 Å². The molecule has 0 aromatic carbocycles. The average Bonchev–Trinajstić information content (AvgIpc) is 2.24. The van der Waals surface area contributed by atoms with Crippen molar-refractivity contribution in [1.29, 1.82) is 5.26 Å². The Balaban J connectivity index is 2.65. The lowest BCUT2D eigenvalue weighted by molar-refractivity contribution is -0.109. The molecule has 0 unspecified atom stereocenters. The van der Waals surface area contributed by atoms with Crippen LogP contribution in [0.1, 0.15) is 18.2 Å². The number of aromatic nitrogens is 1. The first-order chi connectivity index (χ1) is 7.63. The van der Waals surface area contributed by atoms with E-state index in [1.165, 1.54) is 30.9 Å². The average molecular weight is 236 g/mol. The lowest BCUT2D eigenvalue weighted by atomic mass is 10.2. The predicted octanol–water partition coefficient (Wildman–Crippen LogP) is 2.39. The Labute approximate surface area is 97.0 Å². The maximum atomic E-state index is 13.1. The molecule has 0 fully saturated rings. The standard InChI is InChI=1S/C11H9FN2OS/c1-8(15)16-4-2-3-9-5-10(12)11(6-13)14-7-9/h2-3,5,7H,4H2,1H3. The SMILES string of the molecule is CC(=O)SCC=Cc1cnc(C#N)c(F)c1. The number of thioether (sulfide) groups is 1. The molecular weight excluding hydrogens is 227 g/mol. The number of carbonyl (C=O) groups excluding carboxylic acids is 1. The Bertz CT molecular complexity index is 466. The summed E-state index contributed by atoms with van der Waals surface area (Å²) in [6.45, 7) is 1.49. The summed E-state index contributed by atoms with van der Waals surface area (Å²) in [6.07, 6.45) is 4.82. The third-order valence-corrected chi connectivity index (χ3v) is 2.43. The number of rotatable bonds is 3. The van der Waals surface area contributed by atoms with Crippen molar-refractivity contribution in [1.82, 2.24) is 4.98 Å². The minimum Gasteiger partial charge on any atom is -0.288 e. The van der Waals surface area contributed by atoms with E-state index in [9.17, 15) is 9.18 Å². The van der Waals surface area contributed by atoms with Crippen LogP contribution in [0.5, 0.6) is 0 Å². The molecule has 0 aliphatic carbocycles. The van der Waals surface area contributed by atoms with Crippen LogP contribution in [0.3, 0.4) is 0 Å². The molecule has 3 nitrogen and oxygen atoms in total. The van der Waals surface area contributed by atoms with E-state index in [1.54, 1.807) is 18.2 Å². The van der Waals surface area contributed by atoms with E-state index in [0.717, 1.165) is 0 Å². The number of halogens is 1. The van der Waals surface area contributed by atoms with E-state index in [0.29, 0.717) is 11.3 Å². The highest BCUT2D eigenvalue weighted by atomic mass is 32.2. The first-order valence-electron chi connectivity index (χ1n) is 4.49. The minimum absolute atomic E-state index is 0.0359. The van der Waals surface area contributed by atoms with Crippen molar-refractivity contribution in [3.63, 3.8) is 0 Å². The summed E-state index contributed by atoms with van der Waals surface area (Å²) in [5, 5.41) is 8.51. The van der Waals surface area contributed by atoms with Crippen molar-refractivity contribution >= 4 is 23.0 Å². The quantitative estimate of drug-likeness (QED) is 0.808. The van der Waals surface area contributed by atoms with Crippen molar-refractivity contribution in [3.8, 4) is 6.07 Å². The predicted molar refractivity (Wildman–Crippen MR) is 61.1 cm³/mol. The lowest BCUT2D eigenvalue weighted by Gasteiger charge is -1.95. The van der Waals surface area contributed by atoms with Gasteiger partial charge in [0.2, 0.25) is 0 Å². The van der Waals surface area contributed by atoms with E-state index in [2.05, 4.69) is 4.98 Å². The maximum absolute atomic E-state index is 13.1. The van der Waals surface area contributed by atoms with Gasteiger partial charge in [0.25, 0.3) is 0 Å². The van der Waals surface area contributed by atoms with Crippen molar-refractivity contribution in [2.24, 2.45) is 0 Å². The van der Waals surface area contributed by atoms with Gasteiger partial charge in [0.05, 0.1) is 0 Å². The zero-order valence-electron chi connectivity index (χ0n) is 8.61. The zero-order valence-corrected chi connectivity index (χ0v) is 9.42. The molecule has 0 amide bonds. The van der Waals surface area contributed by atoms with Crippen molar-refractivity contribution in [2.75, 3.05) is 5.75 Å². The molecule has 1 aromatic heterocycles. The Morgan fingerprint density at radius 2 is 2.50 bits per heavy atom. The van der Waals surface area contributed by atoms with Gasteiger partial charge in [-0.05, 0) is 11.6 Å². The van der Waals surface area contributed by atoms with Gasteiger partial charge in [-0.2, -0.15) is 5.26 Å². The molecule has 0 N–H and O–H groups in total. The molecule has 0 spiro atoms. The molecule has 1 heterocycles. The summed E-state index contributed by atoms with van der Waals surface area (Å²) in [5.41, 5.74) is 0.357. The van der Waals surface area contributed by atoms with Gasteiger partial charge >= 0.3 is 0 Å². The summed E-state index contributed by atoms with van der Waals surface area (Å²) in [7, 11) is 0. The zero-order chi connectivity index (χ0) is 12.0. The molecule has 0 saturated heterocycles. The largest absolute Gasteiger partial charge is 0.288 e. The van der Waals surface area contributed by atoms with E-state index < -0.39 is 5.82 Å². The number of nitrogens with zero attached hydrogens (tertiary/aromatic N) is 2. The minimum atomic E-state index is -0.635. The topological polar surface area (TPSA) is 53.8 Å². The summed E-state index contributed by atoms with van der Waals surface area (Å²) in [4.78, 5) is 14.3. The molecule has 0 atom stereocenters. The third kappa shape index (κ3) is 3.83. The third-order valence-electron chi connectivity index (χ3n) is 1.66. The van der Waals surface area contributed by atoms with Crippen molar-refractivity contribution in [3.05, 3.63) is 35.4 Å². The van der Waals surface area contributed by atoms with E-state index in [1.807, 2.05) is 0 Å². The fraction of sp³-hybridized carbons (Fsp3) is 0.182. The van der Waals surface area contributed by atoms with Gasteiger partial charge in [-0.25, -0.2) is 9.37 Å². The van der Waals surface area contributed by atoms with Gasteiger partial charge in [-0.3, -0.25) is 4.79 Å². The molecular formula is C11H9FN2OS. The Hall–Kier alpha value is -1.67. The van der Waals surface area contributed by atoms with Crippen LogP contribution in [0, 0.1) is 17.1 Å². The number of carbonyl (C=O) groups is 1. The second kappa shape index (κ2) is 6.03. The first-order valence-corrected chi connectivity index (χ1v) is 5.47. The lowest BCUT2D eigenvalue weighted by Crippen LogP contribution is -1.89. The molecule has 1 rings (SSSR count). The number of hydrogen-bond acceptors (Lipinski definition) is 4. The summed E-state index contributed by atoms with van der Waals surface area (Å²) >= 11 is 1.17. The Kier molecular flexibility index (Phi) is 4.67. The van der Waals surface area contributed by atoms with Gasteiger partial charge in [0.1, 0.15) is 6.07 Å². The molecule has 82 valence electrons. The van der Waals surface area contributed by atoms with Crippen LogP contribution < -0.4 is 0 Å². The highest BCUT2D eigenvalue weighted by molar-refractivity contribution is 8.13. The van der Waals surface area contributed by atoms with E-state index in [-0.39, 0.29) is 10.8 Å². The molecule has 5 heteroatoms. The highest BCUT2D eigenvalue weighted by Crippen LogP contribution is 2.09.